The molecule has 2 aromatic rings. The van der Waals surface area contributed by atoms with Crippen molar-refractivity contribution in [2.45, 2.75) is 6.61 Å². The van der Waals surface area contributed by atoms with E-state index in [0.29, 0.717) is 13.0 Å². The second-order valence-electron chi connectivity index (χ2n) is 4.14. The standard InChI is InChI=1S/C14H16N2O.CH4N2O/c1-16(15)13-9-5-6-10-14(13)17-11-12-7-3-2-4-8-12;2-3-1-4/h2-10H,11,15H2,1H3;1H,2H2,(H,3,4). The maximum Gasteiger partial charge on any atom is 0.221 e. The fourth-order valence-corrected chi connectivity index (χ4v) is 1.61. The highest BCUT2D eigenvalue weighted by Gasteiger charge is 2.04. The van der Waals surface area contributed by atoms with Crippen LogP contribution >= 0.6 is 0 Å². The van der Waals surface area contributed by atoms with Gasteiger partial charge in [0.05, 0.1) is 5.69 Å². The number of benzene rings is 2. The minimum atomic E-state index is 0.403. The molecular weight excluding hydrogens is 268 g/mol. The number of ether oxygens (including phenoxy) is 1. The molecule has 0 spiro atoms. The van der Waals surface area contributed by atoms with E-state index in [2.05, 4.69) is 5.84 Å². The van der Waals surface area contributed by atoms with Gasteiger partial charge in [0, 0.05) is 7.05 Å². The summed E-state index contributed by atoms with van der Waals surface area (Å²) in [5.41, 5.74) is 3.77. The van der Waals surface area contributed by atoms with Crippen molar-refractivity contribution < 1.29 is 9.53 Å². The fraction of sp³-hybridized carbons (Fsp3) is 0.133. The van der Waals surface area contributed by atoms with Crippen LogP contribution in [0.4, 0.5) is 5.69 Å². The molecule has 21 heavy (non-hydrogen) atoms. The van der Waals surface area contributed by atoms with Crippen molar-refractivity contribution in [2.24, 2.45) is 11.7 Å². The van der Waals surface area contributed by atoms with E-state index in [1.54, 1.807) is 17.5 Å². The zero-order valence-corrected chi connectivity index (χ0v) is 11.9. The van der Waals surface area contributed by atoms with Gasteiger partial charge in [-0.25, -0.2) is 11.7 Å². The third kappa shape index (κ3) is 5.94. The van der Waals surface area contributed by atoms with E-state index >= 15 is 0 Å². The van der Waals surface area contributed by atoms with E-state index in [4.69, 9.17) is 15.4 Å². The molecule has 0 radical (unpaired) electrons. The SMILES string of the molecule is CN(N)c1ccccc1OCc1ccccc1.NNC=O. The lowest BCUT2D eigenvalue weighted by Gasteiger charge is -2.17. The van der Waals surface area contributed by atoms with Crippen LogP contribution in [0.5, 0.6) is 5.75 Å². The highest BCUT2D eigenvalue weighted by atomic mass is 16.5. The highest BCUT2D eigenvalue weighted by molar-refractivity contribution is 5.56. The van der Waals surface area contributed by atoms with E-state index in [1.165, 1.54) is 0 Å². The van der Waals surface area contributed by atoms with Gasteiger partial charge in [0.1, 0.15) is 12.4 Å². The molecule has 0 unspecified atom stereocenters. The molecule has 5 N–H and O–H groups in total. The predicted octanol–water partition coefficient (Wildman–Crippen LogP) is 1.18. The molecule has 0 bridgehead atoms. The molecule has 0 aliphatic heterocycles. The lowest BCUT2D eigenvalue weighted by atomic mass is 10.2. The molecule has 0 saturated heterocycles. The van der Waals surface area contributed by atoms with Crippen molar-refractivity contribution in [2.75, 3.05) is 12.1 Å². The third-order valence-electron chi connectivity index (χ3n) is 2.55. The van der Waals surface area contributed by atoms with Crippen molar-refractivity contribution in [1.82, 2.24) is 5.43 Å². The van der Waals surface area contributed by atoms with Gasteiger partial charge in [0.25, 0.3) is 0 Å². The molecular formula is C15H20N4O2. The van der Waals surface area contributed by atoms with Crippen LogP contribution in [0.1, 0.15) is 5.56 Å². The number of rotatable bonds is 5. The number of hydrazine groups is 2. The summed E-state index contributed by atoms with van der Waals surface area (Å²) in [6, 6.07) is 17.8. The Morgan fingerprint density at radius 2 is 1.71 bits per heavy atom. The number of nitrogens with zero attached hydrogens (tertiary/aromatic N) is 1. The van der Waals surface area contributed by atoms with Crippen LogP contribution in [0.25, 0.3) is 0 Å². The normalized spacial score (nSPS) is 9.10. The van der Waals surface area contributed by atoms with Gasteiger partial charge in [0.2, 0.25) is 6.41 Å². The smallest absolute Gasteiger partial charge is 0.221 e. The molecule has 0 saturated carbocycles. The quantitative estimate of drug-likeness (QED) is 0.332. The summed E-state index contributed by atoms with van der Waals surface area (Å²) >= 11 is 0. The highest BCUT2D eigenvalue weighted by Crippen LogP contribution is 2.25. The molecule has 0 aromatic heterocycles. The summed E-state index contributed by atoms with van der Waals surface area (Å²) in [4.78, 5) is 8.94. The van der Waals surface area contributed by atoms with Crippen molar-refractivity contribution in [3.63, 3.8) is 0 Å². The van der Waals surface area contributed by atoms with Gasteiger partial charge in [-0.1, -0.05) is 42.5 Å². The Labute approximate surface area is 124 Å². The lowest BCUT2D eigenvalue weighted by molar-refractivity contribution is -0.109. The number of para-hydroxylation sites is 2. The molecule has 112 valence electrons. The Kier molecular flexibility index (Phi) is 7.34. The number of carbonyl (C=O) groups excluding carboxylic acids is 1. The van der Waals surface area contributed by atoms with Crippen molar-refractivity contribution in [1.29, 1.82) is 0 Å². The largest absolute Gasteiger partial charge is 0.487 e. The van der Waals surface area contributed by atoms with Crippen molar-refractivity contribution in [3.05, 3.63) is 60.2 Å². The summed E-state index contributed by atoms with van der Waals surface area (Å²) < 4.78 is 5.76. The number of amides is 1. The summed E-state index contributed by atoms with van der Waals surface area (Å²) in [5, 5.41) is 1.56. The molecule has 1 amide bonds. The van der Waals surface area contributed by atoms with E-state index in [0.717, 1.165) is 17.0 Å². The first-order chi connectivity index (χ1) is 10.2. The van der Waals surface area contributed by atoms with Crippen LogP contribution in [0.2, 0.25) is 0 Å². The van der Waals surface area contributed by atoms with Gasteiger partial charge < -0.3 is 9.75 Å². The number of anilines is 1. The van der Waals surface area contributed by atoms with Gasteiger partial charge in [0.15, 0.2) is 0 Å². The predicted molar refractivity (Wildman–Crippen MR) is 83.2 cm³/mol. The van der Waals surface area contributed by atoms with Crippen LogP contribution in [0.3, 0.4) is 0 Å². The molecule has 0 aliphatic carbocycles. The molecule has 0 fully saturated rings. The number of nitrogens with one attached hydrogen (secondary N) is 1. The first-order valence-electron chi connectivity index (χ1n) is 6.33. The van der Waals surface area contributed by atoms with Crippen molar-refractivity contribution >= 4 is 12.1 Å². The second-order valence-corrected chi connectivity index (χ2v) is 4.14. The Morgan fingerprint density at radius 1 is 1.14 bits per heavy atom. The Hall–Kier alpha value is -2.57. The van der Waals surface area contributed by atoms with E-state index in [1.807, 2.05) is 54.6 Å². The summed E-state index contributed by atoms with van der Waals surface area (Å²) in [5.74, 6) is 10.9. The monoisotopic (exact) mass is 288 g/mol. The van der Waals surface area contributed by atoms with Crippen LogP contribution in [0, 0.1) is 0 Å². The molecule has 2 aromatic carbocycles. The van der Waals surface area contributed by atoms with Gasteiger partial charge >= 0.3 is 0 Å². The molecule has 2 rings (SSSR count). The molecule has 6 heteroatoms. The summed E-state index contributed by atoms with van der Waals surface area (Å²) in [6.07, 6.45) is 0.403. The van der Waals surface area contributed by atoms with E-state index in [9.17, 15) is 0 Å². The maximum absolute atomic E-state index is 8.94. The van der Waals surface area contributed by atoms with Crippen molar-refractivity contribution in [3.8, 4) is 5.75 Å². The first kappa shape index (κ1) is 16.5. The number of hydrogen-bond acceptors (Lipinski definition) is 5. The second kappa shape index (κ2) is 9.35. The minimum absolute atomic E-state index is 0.403. The van der Waals surface area contributed by atoms with Gasteiger partial charge in [-0.05, 0) is 17.7 Å². The van der Waals surface area contributed by atoms with E-state index in [-0.39, 0.29) is 0 Å². The van der Waals surface area contributed by atoms with Gasteiger partial charge in [-0.3, -0.25) is 10.2 Å². The third-order valence-corrected chi connectivity index (χ3v) is 2.55. The average Bonchev–Trinajstić information content (AvgIpc) is 2.54. The van der Waals surface area contributed by atoms with Gasteiger partial charge in [-0.15, -0.1) is 0 Å². The lowest BCUT2D eigenvalue weighted by Crippen LogP contribution is -2.25. The Morgan fingerprint density at radius 3 is 2.29 bits per heavy atom. The summed E-state index contributed by atoms with van der Waals surface area (Å²) in [6.45, 7) is 0.547. The Balaban J connectivity index is 0.000000491. The molecule has 0 aliphatic rings. The maximum atomic E-state index is 8.94. The molecule has 6 nitrogen and oxygen atoms in total. The molecule has 0 atom stereocenters. The number of nitrogens with two attached hydrogens (primary N) is 2. The first-order valence-corrected chi connectivity index (χ1v) is 6.33. The summed E-state index contributed by atoms with van der Waals surface area (Å²) in [7, 11) is 1.80. The zero-order chi connectivity index (χ0) is 15.5. The number of carbonyl (C=O) groups is 1. The number of hydrogen-bond donors (Lipinski definition) is 3. The van der Waals surface area contributed by atoms with Crippen LogP contribution in [0.15, 0.2) is 54.6 Å². The minimum Gasteiger partial charge on any atom is -0.487 e. The van der Waals surface area contributed by atoms with Crippen LogP contribution in [-0.2, 0) is 11.4 Å². The average molecular weight is 288 g/mol. The van der Waals surface area contributed by atoms with Crippen LogP contribution < -0.4 is 26.9 Å². The zero-order valence-electron chi connectivity index (χ0n) is 11.9. The van der Waals surface area contributed by atoms with Crippen LogP contribution in [-0.4, -0.2) is 13.5 Å². The van der Waals surface area contributed by atoms with E-state index < -0.39 is 0 Å². The molecule has 0 heterocycles. The fourth-order valence-electron chi connectivity index (χ4n) is 1.61. The van der Waals surface area contributed by atoms with Gasteiger partial charge in [-0.2, -0.15) is 0 Å². The topological polar surface area (TPSA) is 93.6 Å². The Bertz CT molecular complexity index is 532.